The molecule has 1 saturated heterocycles. The lowest BCUT2D eigenvalue weighted by Gasteiger charge is -2.47. The first-order valence-corrected chi connectivity index (χ1v) is 8.54. The maximum atomic E-state index is 12.1. The quantitative estimate of drug-likeness (QED) is 0.769. The highest BCUT2D eigenvalue weighted by Gasteiger charge is 2.47. The first-order valence-electron chi connectivity index (χ1n) is 8.54. The number of ether oxygens (including phenoxy) is 1. The molecule has 6 nitrogen and oxygen atoms in total. The van der Waals surface area contributed by atoms with Crippen LogP contribution in [0, 0.1) is 5.41 Å². The van der Waals surface area contributed by atoms with Crippen LogP contribution in [0.25, 0.3) is 0 Å². The molecule has 0 aliphatic carbocycles. The fourth-order valence-electron chi connectivity index (χ4n) is 2.24. The van der Waals surface area contributed by atoms with Gasteiger partial charge in [0.05, 0.1) is 5.60 Å². The molecular formula is C18H29BN2O4. The summed E-state index contributed by atoms with van der Waals surface area (Å²) >= 11 is 0. The molecule has 1 aromatic rings. The van der Waals surface area contributed by atoms with E-state index in [0.717, 1.165) is 5.46 Å². The van der Waals surface area contributed by atoms with Gasteiger partial charge in [0.1, 0.15) is 11.4 Å². The molecule has 0 atom stereocenters. The summed E-state index contributed by atoms with van der Waals surface area (Å²) in [5, 5.41) is 0. The maximum absolute atomic E-state index is 12.1. The van der Waals surface area contributed by atoms with Gasteiger partial charge in [0, 0.05) is 30.7 Å². The molecule has 2 rings (SSSR count). The second-order valence-corrected chi connectivity index (χ2v) is 8.64. The SMILES string of the molecule is CN(C(=O)OC(C)(C)C)c1ccc(B2OCC(C)(C)C(C)(C)O2)cn1. The maximum Gasteiger partial charge on any atom is 0.495 e. The van der Waals surface area contributed by atoms with Crippen molar-refractivity contribution in [1.82, 2.24) is 4.98 Å². The van der Waals surface area contributed by atoms with Crippen LogP contribution >= 0.6 is 0 Å². The van der Waals surface area contributed by atoms with Crippen molar-refractivity contribution >= 4 is 24.5 Å². The number of rotatable bonds is 2. The minimum atomic E-state index is -0.548. The second kappa shape index (κ2) is 6.61. The van der Waals surface area contributed by atoms with Crippen molar-refractivity contribution in [2.75, 3.05) is 18.6 Å². The zero-order chi connectivity index (χ0) is 19.0. The number of amides is 1. The van der Waals surface area contributed by atoms with Gasteiger partial charge in [-0.1, -0.05) is 19.9 Å². The van der Waals surface area contributed by atoms with Crippen LogP contribution in [0.3, 0.4) is 0 Å². The van der Waals surface area contributed by atoms with Gasteiger partial charge >= 0.3 is 13.2 Å². The Kier molecular flexibility index (Phi) is 5.22. The van der Waals surface area contributed by atoms with Crippen molar-refractivity contribution in [3.8, 4) is 0 Å². The molecule has 0 saturated carbocycles. The molecule has 1 aliphatic rings. The van der Waals surface area contributed by atoms with Crippen LogP contribution in [0.15, 0.2) is 18.3 Å². The molecule has 138 valence electrons. The molecular weight excluding hydrogens is 319 g/mol. The minimum Gasteiger partial charge on any atom is -0.443 e. The van der Waals surface area contributed by atoms with E-state index in [4.69, 9.17) is 14.0 Å². The number of aromatic nitrogens is 1. The van der Waals surface area contributed by atoms with Gasteiger partial charge in [-0.15, -0.1) is 0 Å². The van der Waals surface area contributed by atoms with Gasteiger partial charge in [0.25, 0.3) is 0 Å². The van der Waals surface area contributed by atoms with Gasteiger partial charge in [-0.05, 0) is 40.7 Å². The molecule has 2 heterocycles. The topological polar surface area (TPSA) is 60.9 Å². The lowest BCUT2D eigenvalue weighted by molar-refractivity contribution is -0.0937. The van der Waals surface area contributed by atoms with Gasteiger partial charge in [0.15, 0.2) is 0 Å². The number of hydrogen-bond acceptors (Lipinski definition) is 5. The summed E-state index contributed by atoms with van der Waals surface area (Å²) in [6.45, 7) is 14.5. The minimum absolute atomic E-state index is 0.0756. The number of nitrogens with zero attached hydrogens (tertiary/aromatic N) is 2. The first kappa shape index (κ1) is 19.7. The van der Waals surface area contributed by atoms with Crippen molar-refractivity contribution in [2.45, 2.75) is 59.7 Å². The van der Waals surface area contributed by atoms with Crippen molar-refractivity contribution in [3.05, 3.63) is 18.3 Å². The van der Waals surface area contributed by atoms with Gasteiger partial charge < -0.3 is 14.0 Å². The van der Waals surface area contributed by atoms with Crippen LogP contribution in [0.1, 0.15) is 48.5 Å². The highest BCUT2D eigenvalue weighted by Crippen LogP contribution is 2.37. The summed E-state index contributed by atoms with van der Waals surface area (Å²) in [7, 11) is 1.17. The standard InChI is InChI=1S/C18H29BN2O4/c1-16(2,3)24-15(22)21(8)14-10-9-13(11-20-14)19-23-12-17(4,5)18(6,7)25-19/h9-11H,12H2,1-8H3. The highest BCUT2D eigenvalue weighted by atomic mass is 16.6. The lowest BCUT2D eigenvalue weighted by Crippen LogP contribution is -2.58. The van der Waals surface area contributed by atoms with Crippen LogP contribution in [0.4, 0.5) is 10.6 Å². The predicted octanol–water partition coefficient (Wildman–Crippen LogP) is 3.00. The lowest BCUT2D eigenvalue weighted by atomic mass is 9.69. The molecule has 1 fully saturated rings. The van der Waals surface area contributed by atoms with E-state index in [1.807, 2.05) is 26.8 Å². The molecule has 0 unspecified atom stereocenters. The van der Waals surface area contributed by atoms with Crippen molar-refractivity contribution in [2.24, 2.45) is 5.41 Å². The zero-order valence-electron chi connectivity index (χ0n) is 16.5. The Balaban J connectivity index is 2.09. The van der Waals surface area contributed by atoms with Crippen LogP contribution in [0.5, 0.6) is 0 Å². The first-order chi connectivity index (χ1) is 11.3. The Hall–Kier alpha value is -1.60. The Labute approximate surface area is 151 Å². The summed E-state index contributed by atoms with van der Waals surface area (Å²) in [4.78, 5) is 17.9. The summed E-state index contributed by atoms with van der Waals surface area (Å²) in [6, 6.07) is 3.63. The molecule has 1 aliphatic heterocycles. The van der Waals surface area contributed by atoms with Gasteiger partial charge in [0.2, 0.25) is 0 Å². The highest BCUT2D eigenvalue weighted by molar-refractivity contribution is 6.61. The largest absolute Gasteiger partial charge is 0.495 e. The molecule has 0 radical (unpaired) electrons. The average molecular weight is 348 g/mol. The fraction of sp³-hybridized carbons (Fsp3) is 0.667. The van der Waals surface area contributed by atoms with E-state index in [1.54, 1.807) is 19.3 Å². The van der Waals surface area contributed by atoms with E-state index in [0.29, 0.717) is 12.4 Å². The molecule has 0 N–H and O–H groups in total. The fourth-order valence-corrected chi connectivity index (χ4v) is 2.24. The van der Waals surface area contributed by atoms with E-state index in [2.05, 4.69) is 32.7 Å². The van der Waals surface area contributed by atoms with E-state index in [9.17, 15) is 4.79 Å². The van der Waals surface area contributed by atoms with Crippen LogP contribution in [-0.4, -0.2) is 43.1 Å². The van der Waals surface area contributed by atoms with E-state index < -0.39 is 18.8 Å². The van der Waals surface area contributed by atoms with Crippen LogP contribution in [-0.2, 0) is 14.0 Å². The normalized spacial score (nSPS) is 19.4. The number of carbonyl (C=O) groups excluding carboxylic acids is 1. The smallest absolute Gasteiger partial charge is 0.443 e. The van der Waals surface area contributed by atoms with E-state index in [-0.39, 0.29) is 11.0 Å². The summed E-state index contributed by atoms with van der Waals surface area (Å²) < 4.78 is 17.3. The van der Waals surface area contributed by atoms with Gasteiger partial charge in [-0.25, -0.2) is 9.78 Å². The van der Waals surface area contributed by atoms with Crippen molar-refractivity contribution < 1.29 is 18.8 Å². The van der Waals surface area contributed by atoms with E-state index in [1.165, 1.54) is 4.90 Å². The molecule has 0 spiro atoms. The molecule has 0 aromatic carbocycles. The predicted molar refractivity (Wildman–Crippen MR) is 99.2 cm³/mol. The third-order valence-corrected chi connectivity index (χ3v) is 4.68. The van der Waals surface area contributed by atoms with Crippen LogP contribution < -0.4 is 10.4 Å². The average Bonchev–Trinajstić information content (AvgIpc) is 2.48. The number of anilines is 1. The Bertz CT molecular complexity index is 623. The van der Waals surface area contributed by atoms with Crippen LogP contribution in [0.2, 0.25) is 0 Å². The Morgan fingerprint density at radius 1 is 1.28 bits per heavy atom. The molecule has 0 bridgehead atoms. The third kappa shape index (κ3) is 4.52. The van der Waals surface area contributed by atoms with E-state index >= 15 is 0 Å². The van der Waals surface area contributed by atoms with Crippen molar-refractivity contribution in [1.29, 1.82) is 0 Å². The third-order valence-electron chi connectivity index (χ3n) is 4.68. The number of pyridine rings is 1. The summed E-state index contributed by atoms with van der Waals surface area (Å²) in [6.07, 6.45) is 1.23. The Morgan fingerprint density at radius 3 is 2.40 bits per heavy atom. The summed E-state index contributed by atoms with van der Waals surface area (Å²) in [5.74, 6) is 0.508. The zero-order valence-corrected chi connectivity index (χ0v) is 16.5. The summed E-state index contributed by atoms with van der Waals surface area (Å²) in [5.41, 5.74) is -0.117. The number of carbonyl (C=O) groups is 1. The molecule has 25 heavy (non-hydrogen) atoms. The molecule has 1 amide bonds. The molecule has 1 aromatic heterocycles. The Morgan fingerprint density at radius 2 is 1.92 bits per heavy atom. The molecule has 7 heteroatoms. The number of hydrogen-bond donors (Lipinski definition) is 0. The van der Waals surface area contributed by atoms with Crippen molar-refractivity contribution in [3.63, 3.8) is 0 Å². The van der Waals surface area contributed by atoms with Gasteiger partial charge in [-0.2, -0.15) is 0 Å². The second-order valence-electron chi connectivity index (χ2n) is 8.64. The van der Waals surface area contributed by atoms with Gasteiger partial charge in [-0.3, -0.25) is 4.90 Å². The monoisotopic (exact) mass is 348 g/mol.